The number of amides is 1. The molecule has 0 aliphatic carbocycles. The summed E-state index contributed by atoms with van der Waals surface area (Å²) in [5, 5.41) is 3.08. The van der Waals surface area contributed by atoms with Crippen molar-refractivity contribution in [2.75, 3.05) is 11.1 Å². The molecule has 2 aromatic rings. The largest absolute Gasteiger partial charge is 0.449 e. The molecule has 1 amide bonds. The third-order valence-corrected chi connectivity index (χ3v) is 3.71. The minimum absolute atomic E-state index is 0.163. The topological polar surface area (TPSA) is 81.4 Å². The molecular formula is C16H14BrClN2O3. The molecule has 3 N–H and O–H groups in total. The van der Waals surface area contributed by atoms with Gasteiger partial charge in [-0.05, 0) is 43.3 Å². The van der Waals surface area contributed by atoms with E-state index in [0.717, 1.165) is 4.47 Å². The summed E-state index contributed by atoms with van der Waals surface area (Å²) in [5.74, 6) is -1.12. The normalized spacial score (nSPS) is 11.6. The van der Waals surface area contributed by atoms with Gasteiger partial charge in [0, 0.05) is 20.9 Å². The molecule has 0 aliphatic heterocycles. The Bertz CT molecular complexity index is 752. The lowest BCUT2D eigenvalue weighted by molar-refractivity contribution is -0.123. The predicted octanol–water partition coefficient (Wildman–Crippen LogP) is 3.87. The van der Waals surface area contributed by atoms with Gasteiger partial charge in [0.15, 0.2) is 6.10 Å². The molecule has 0 saturated carbocycles. The molecule has 0 unspecified atom stereocenters. The van der Waals surface area contributed by atoms with Crippen LogP contribution >= 0.6 is 27.5 Å². The average molecular weight is 398 g/mol. The molecule has 5 nitrogen and oxygen atoms in total. The maximum atomic E-state index is 12.1. The number of rotatable bonds is 4. The first-order chi connectivity index (χ1) is 10.9. The van der Waals surface area contributed by atoms with Crippen LogP contribution in [0, 0.1) is 0 Å². The maximum Gasteiger partial charge on any atom is 0.341 e. The number of carbonyl (C=O) groups is 2. The third kappa shape index (κ3) is 4.71. The first-order valence-corrected chi connectivity index (χ1v) is 7.86. The zero-order chi connectivity index (χ0) is 17.0. The molecule has 0 aromatic heterocycles. The van der Waals surface area contributed by atoms with E-state index in [2.05, 4.69) is 21.2 Å². The SMILES string of the molecule is C[C@H](OC(=O)c1ccc(Cl)cc1N)C(=O)Nc1cccc(Br)c1. The molecule has 0 aliphatic rings. The Morgan fingerprint density at radius 1 is 1.26 bits per heavy atom. The molecule has 0 fully saturated rings. The molecular weight excluding hydrogens is 384 g/mol. The van der Waals surface area contributed by atoms with Gasteiger partial charge in [-0.25, -0.2) is 4.79 Å². The maximum absolute atomic E-state index is 12.1. The van der Waals surface area contributed by atoms with Crippen molar-refractivity contribution in [2.24, 2.45) is 0 Å². The van der Waals surface area contributed by atoms with Crippen molar-refractivity contribution in [1.29, 1.82) is 0 Å². The van der Waals surface area contributed by atoms with Gasteiger partial charge in [-0.2, -0.15) is 0 Å². The lowest BCUT2D eigenvalue weighted by Gasteiger charge is -2.14. The summed E-state index contributed by atoms with van der Waals surface area (Å²) in [5.41, 5.74) is 6.68. The van der Waals surface area contributed by atoms with Crippen LogP contribution in [0.4, 0.5) is 11.4 Å². The first kappa shape index (κ1) is 17.3. The lowest BCUT2D eigenvalue weighted by atomic mass is 10.2. The van der Waals surface area contributed by atoms with Gasteiger partial charge in [-0.15, -0.1) is 0 Å². The van der Waals surface area contributed by atoms with Gasteiger partial charge in [-0.1, -0.05) is 33.6 Å². The van der Waals surface area contributed by atoms with E-state index in [4.69, 9.17) is 22.1 Å². The van der Waals surface area contributed by atoms with E-state index in [1.54, 1.807) is 18.2 Å². The number of nitrogen functional groups attached to an aromatic ring is 1. The van der Waals surface area contributed by atoms with E-state index in [-0.39, 0.29) is 11.3 Å². The third-order valence-electron chi connectivity index (χ3n) is 2.98. The van der Waals surface area contributed by atoms with Crippen molar-refractivity contribution in [3.05, 3.63) is 57.5 Å². The summed E-state index contributed by atoms with van der Waals surface area (Å²) < 4.78 is 5.96. The Morgan fingerprint density at radius 2 is 2.00 bits per heavy atom. The van der Waals surface area contributed by atoms with Crippen LogP contribution in [0.5, 0.6) is 0 Å². The average Bonchev–Trinajstić information content (AvgIpc) is 2.46. The number of ether oxygens (including phenoxy) is 1. The first-order valence-electron chi connectivity index (χ1n) is 6.69. The number of halogens is 2. The molecule has 0 bridgehead atoms. The van der Waals surface area contributed by atoms with Gasteiger partial charge < -0.3 is 15.8 Å². The molecule has 0 spiro atoms. The van der Waals surface area contributed by atoms with Gasteiger partial charge in [0.25, 0.3) is 5.91 Å². The second kappa shape index (κ2) is 7.48. The van der Waals surface area contributed by atoms with E-state index < -0.39 is 18.0 Å². The number of hydrogen-bond acceptors (Lipinski definition) is 4. The van der Waals surface area contributed by atoms with E-state index in [1.165, 1.54) is 25.1 Å². The van der Waals surface area contributed by atoms with Crippen LogP contribution in [0.3, 0.4) is 0 Å². The van der Waals surface area contributed by atoms with E-state index in [0.29, 0.717) is 10.7 Å². The fraction of sp³-hybridized carbons (Fsp3) is 0.125. The number of esters is 1. The summed E-state index contributed by atoms with van der Waals surface area (Å²) in [6.45, 7) is 1.48. The van der Waals surface area contributed by atoms with Gasteiger partial charge in [0.2, 0.25) is 0 Å². The minimum Gasteiger partial charge on any atom is -0.449 e. The molecule has 0 saturated heterocycles. The second-order valence-electron chi connectivity index (χ2n) is 4.78. The van der Waals surface area contributed by atoms with Crippen molar-refractivity contribution in [2.45, 2.75) is 13.0 Å². The highest BCUT2D eigenvalue weighted by Crippen LogP contribution is 2.20. The Labute approximate surface area is 146 Å². The van der Waals surface area contributed by atoms with Crippen LogP contribution in [-0.2, 0) is 9.53 Å². The van der Waals surface area contributed by atoms with E-state index in [9.17, 15) is 9.59 Å². The molecule has 120 valence electrons. The molecule has 2 aromatic carbocycles. The zero-order valence-corrected chi connectivity index (χ0v) is 14.5. The van der Waals surface area contributed by atoms with Crippen LogP contribution in [0.15, 0.2) is 46.9 Å². The van der Waals surface area contributed by atoms with E-state index >= 15 is 0 Å². The van der Waals surface area contributed by atoms with Crippen LogP contribution in [0.2, 0.25) is 5.02 Å². The Morgan fingerprint density at radius 3 is 2.65 bits per heavy atom. The van der Waals surface area contributed by atoms with Crippen molar-refractivity contribution >= 4 is 50.8 Å². The highest BCUT2D eigenvalue weighted by molar-refractivity contribution is 9.10. The fourth-order valence-electron chi connectivity index (χ4n) is 1.81. The van der Waals surface area contributed by atoms with Gasteiger partial charge in [0.1, 0.15) is 0 Å². The Kier molecular flexibility index (Phi) is 5.63. The van der Waals surface area contributed by atoms with Crippen molar-refractivity contribution in [1.82, 2.24) is 0 Å². The van der Waals surface area contributed by atoms with E-state index in [1.807, 2.05) is 6.07 Å². The van der Waals surface area contributed by atoms with Crippen LogP contribution < -0.4 is 11.1 Å². The smallest absolute Gasteiger partial charge is 0.341 e. The van der Waals surface area contributed by atoms with Crippen LogP contribution in [-0.4, -0.2) is 18.0 Å². The molecule has 0 heterocycles. The van der Waals surface area contributed by atoms with Gasteiger partial charge >= 0.3 is 5.97 Å². The number of anilines is 2. The quantitative estimate of drug-likeness (QED) is 0.606. The number of nitrogens with two attached hydrogens (primary N) is 1. The minimum atomic E-state index is -0.975. The Balaban J connectivity index is 2.01. The summed E-state index contributed by atoms with van der Waals surface area (Å²) in [7, 11) is 0. The number of hydrogen-bond donors (Lipinski definition) is 2. The predicted molar refractivity (Wildman–Crippen MR) is 93.5 cm³/mol. The van der Waals surface area contributed by atoms with Crippen LogP contribution in [0.25, 0.3) is 0 Å². The zero-order valence-electron chi connectivity index (χ0n) is 12.2. The summed E-state index contributed by atoms with van der Waals surface area (Å²) in [6, 6.07) is 11.5. The number of benzene rings is 2. The van der Waals surface area contributed by atoms with Gasteiger partial charge in [-0.3, -0.25) is 4.79 Å². The fourth-order valence-corrected chi connectivity index (χ4v) is 2.39. The Hall–Kier alpha value is -2.05. The molecule has 7 heteroatoms. The summed E-state index contributed by atoms with van der Waals surface area (Å²) >= 11 is 9.09. The highest BCUT2D eigenvalue weighted by Gasteiger charge is 2.20. The van der Waals surface area contributed by atoms with Crippen molar-refractivity contribution < 1.29 is 14.3 Å². The standard InChI is InChI=1S/C16H14BrClN2O3/c1-9(15(21)20-12-4-2-3-10(17)7-12)23-16(22)13-6-5-11(18)8-14(13)19/h2-9H,19H2,1H3,(H,20,21)/t9-/m0/s1. The lowest BCUT2D eigenvalue weighted by Crippen LogP contribution is -2.30. The number of nitrogens with one attached hydrogen (secondary N) is 1. The number of carbonyl (C=O) groups excluding carboxylic acids is 2. The van der Waals surface area contributed by atoms with Crippen LogP contribution in [0.1, 0.15) is 17.3 Å². The second-order valence-corrected chi connectivity index (χ2v) is 6.13. The van der Waals surface area contributed by atoms with Crippen molar-refractivity contribution in [3.63, 3.8) is 0 Å². The highest BCUT2D eigenvalue weighted by atomic mass is 79.9. The summed E-state index contributed by atoms with van der Waals surface area (Å²) in [4.78, 5) is 24.1. The van der Waals surface area contributed by atoms with Crippen molar-refractivity contribution in [3.8, 4) is 0 Å². The summed E-state index contributed by atoms with van der Waals surface area (Å²) in [6.07, 6.45) is -0.975. The molecule has 1 atom stereocenters. The molecule has 0 radical (unpaired) electrons. The van der Waals surface area contributed by atoms with Gasteiger partial charge in [0.05, 0.1) is 5.56 Å². The molecule has 23 heavy (non-hydrogen) atoms. The monoisotopic (exact) mass is 396 g/mol. The molecule has 2 rings (SSSR count).